The Labute approximate surface area is 100 Å². The molecule has 0 saturated carbocycles. The summed E-state index contributed by atoms with van der Waals surface area (Å²) in [5, 5.41) is 13.5. The lowest BCUT2D eigenvalue weighted by atomic mass is 10.1. The van der Waals surface area contributed by atoms with Crippen LogP contribution in [-0.4, -0.2) is 55.1 Å². The first kappa shape index (κ1) is 15.2. The zero-order chi connectivity index (χ0) is 13.4. The maximum absolute atomic E-state index is 11.5. The van der Waals surface area contributed by atoms with E-state index in [2.05, 4.69) is 10.6 Å². The molecule has 0 aliphatic carbocycles. The zero-order valence-corrected chi connectivity index (χ0v) is 10.3. The van der Waals surface area contributed by atoms with Gasteiger partial charge in [-0.25, -0.2) is 4.79 Å². The second kappa shape index (κ2) is 7.48. The Bertz CT molecular complexity index is 293. The number of hydrogen-bond acceptors (Lipinski definition) is 3. The summed E-state index contributed by atoms with van der Waals surface area (Å²) in [5.41, 5.74) is 0. The van der Waals surface area contributed by atoms with Crippen LogP contribution in [0, 0.1) is 5.92 Å². The predicted octanol–water partition coefficient (Wildman–Crippen LogP) is -0.515. The van der Waals surface area contributed by atoms with Crippen molar-refractivity contribution in [2.75, 3.05) is 27.2 Å². The van der Waals surface area contributed by atoms with E-state index in [9.17, 15) is 14.4 Å². The number of rotatable bonds is 6. The second-order valence-corrected chi connectivity index (χ2v) is 3.92. The van der Waals surface area contributed by atoms with Gasteiger partial charge in [0.05, 0.1) is 0 Å². The number of carbonyl (C=O) groups is 3. The van der Waals surface area contributed by atoms with Crippen molar-refractivity contribution in [1.29, 1.82) is 0 Å². The molecule has 0 aromatic heterocycles. The van der Waals surface area contributed by atoms with Crippen molar-refractivity contribution < 1.29 is 19.5 Å². The molecule has 7 heteroatoms. The van der Waals surface area contributed by atoms with Crippen LogP contribution in [0.25, 0.3) is 0 Å². The fraction of sp³-hybridized carbons (Fsp3) is 0.700. The molecule has 17 heavy (non-hydrogen) atoms. The number of amides is 3. The summed E-state index contributed by atoms with van der Waals surface area (Å²) in [7, 11) is 2.98. The first-order valence-corrected chi connectivity index (χ1v) is 5.28. The molecule has 0 fully saturated rings. The lowest BCUT2D eigenvalue weighted by Gasteiger charge is -2.18. The number of nitrogens with zero attached hydrogens (tertiary/aromatic N) is 1. The number of carbonyl (C=O) groups excluding carboxylic acids is 2. The van der Waals surface area contributed by atoms with E-state index in [1.807, 2.05) is 0 Å². The van der Waals surface area contributed by atoms with E-state index in [1.165, 1.54) is 19.0 Å². The molecule has 0 heterocycles. The molecule has 7 nitrogen and oxygen atoms in total. The van der Waals surface area contributed by atoms with Gasteiger partial charge in [-0.05, 0) is 5.92 Å². The first-order chi connectivity index (χ1) is 7.86. The Morgan fingerprint density at radius 1 is 1.35 bits per heavy atom. The minimum absolute atomic E-state index is 0.000555. The van der Waals surface area contributed by atoms with Crippen molar-refractivity contribution in [3.8, 4) is 0 Å². The molecule has 98 valence electrons. The predicted molar refractivity (Wildman–Crippen MR) is 61.5 cm³/mol. The summed E-state index contributed by atoms with van der Waals surface area (Å²) in [6.45, 7) is 1.96. The molecule has 0 bridgehead atoms. The highest BCUT2D eigenvalue weighted by Crippen LogP contribution is 1.99. The molecule has 0 aliphatic rings. The Morgan fingerprint density at radius 2 is 1.94 bits per heavy atom. The number of carboxylic acids is 1. The van der Waals surface area contributed by atoms with Gasteiger partial charge in [0.1, 0.15) is 6.54 Å². The fourth-order valence-electron chi connectivity index (χ4n) is 1.13. The van der Waals surface area contributed by atoms with Gasteiger partial charge in [0.25, 0.3) is 0 Å². The third-order valence-electron chi connectivity index (χ3n) is 2.13. The Kier molecular flexibility index (Phi) is 6.69. The van der Waals surface area contributed by atoms with Crippen LogP contribution in [0.2, 0.25) is 0 Å². The number of aliphatic carboxylic acids is 1. The minimum atomic E-state index is -0.898. The number of hydrogen-bond donors (Lipinski definition) is 3. The van der Waals surface area contributed by atoms with Gasteiger partial charge in [-0.3, -0.25) is 9.59 Å². The zero-order valence-electron chi connectivity index (χ0n) is 10.3. The summed E-state index contributed by atoms with van der Waals surface area (Å²) in [5.74, 6) is -1.31. The summed E-state index contributed by atoms with van der Waals surface area (Å²) in [6, 6.07) is -0.397. The van der Waals surface area contributed by atoms with Crippen LogP contribution >= 0.6 is 0 Å². The van der Waals surface area contributed by atoms with E-state index in [-0.39, 0.29) is 31.3 Å². The molecule has 0 radical (unpaired) electrons. The van der Waals surface area contributed by atoms with Crippen LogP contribution in [0.4, 0.5) is 4.79 Å². The van der Waals surface area contributed by atoms with Crippen LogP contribution in [0.1, 0.15) is 13.3 Å². The average Bonchev–Trinajstić information content (AvgIpc) is 2.24. The van der Waals surface area contributed by atoms with Crippen LogP contribution < -0.4 is 10.6 Å². The monoisotopic (exact) mass is 245 g/mol. The molecule has 1 unspecified atom stereocenters. The van der Waals surface area contributed by atoms with Crippen LogP contribution in [-0.2, 0) is 9.59 Å². The van der Waals surface area contributed by atoms with Crippen molar-refractivity contribution in [3.63, 3.8) is 0 Å². The summed E-state index contributed by atoms with van der Waals surface area (Å²) < 4.78 is 0. The minimum Gasteiger partial charge on any atom is -0.481 e. The van der Waals surface area contributed by atoms with E-state index < -0.39 is 12.0 Å². The van der Waals surface area contributed by atoms with Gasteiger partial charge in [0, 0.05) is 27.1 Å². The molecule has 1 atom stereocenters. The van der Waals surface area contributed by atoms with Crippen LogP contribution in [0.15, 0.2) is 0 Å². The van der Waals surface area contributed by atoms with Gasteiger partial charge in [-0.1, -0.05) is 6.92 Å². The van der Waals surface area contributed by atoms with Crippen molar-refractivity contribution in [3.05, 3.63) is 0 Å². The molecular formula is C10H19N3O4. The van der Waals surface area contributed by atoms with E-state index >= 15 is 0 Å². The Morgan fingerprint density at radius 3 is 2.41 bits per heavy atom. The summed E-state index contributed by atoms with van der Waals surface area (Å²) >= 11 is 0. The quantitative estimate of drug-likeness (QED) is 0.586. The summed E-state index contributed by atoms with van der Waals surface area (Å²) in [4.78, 5) is 34.1. The molecule has 0 spiro atoms. The van der Waals surface area contributed by atoms with Crippen molar-refractivity contribution >= 4 is 17.9 Å². The Balaban J connectivity index is 3.92. The average molecular weight is 245 g/mol. The third-order valence-corrected chi connectivity index (χ3v) is 2.13. The third kappa shape index (κ3) is 7.15. The number of likely N-dealkylation sites (N-methyl/N-ethyl adjacent to an activating group) is 2. The van der Waals surface area contributed by atoms with Gasteiger partial charge in [0.15, 0.2) is 0 Å². The highest BCUT2D eigenvalue weighted by atomic mass is 16.4. The SMILES string of the molecule is CNC(=O)CN(C)C(=O)NCC(C)CC(=O)O. The van der Waals surface area contributed by atoms with Crippen LogP contribution in [0.3, 0.4) is 0 Å². The maximum Gasteiger partial charge on any atom is 0.317 e. The molecule has 0 saturated heterocycles. The number of nitrogens with one attached hydrogen (secondary N) is 2. The first-order valence-electron chi connectivity index (χ1n) is 5.28. The van der Waals surface area contributed by atoms with E-state index in [0.29, 0.717) is 0 Å². The second-order valence-electron chi connectivity index (χ2n) is 3.92. The van der Waals surface area contributed by atoms with Gasteiger partial charge >= 0.3 is 12.0 Å². The molecular weight excluding hydrogens is 226 g/mol. The number of carboxylic acid groups (broad SMARTS) is 1. The standard InChI is InChI=1S/C10H19N3O4/c1-7(4-9(15)16)5-12-10(17)13(3)6-8(14)11-2/h7H,4-6H2,1-3H3,(H,11,14)(H,12,17)(H,15,16). The van der Waals surface area contributed by atoms with Crippen molar-refractivity contribution in [1.82, 2.24) is 15.5 Å². The van der Waals surface area contributed by atoms with Crippen molar-refractivity contribution in [2.45, 2.75) is 13.3 Å². The maximum atomic E-state index is 11.5. The van der Waals surface area contributed by atoms with Gasteiger partial charge < -0.3 is 20.6 Å². The van der Waals surface area contributed by atoms with Crippen LogP contribution in [0.5, 0.6) is 0 Å². The molecule has 0 rings (SSSR count). The van der Waals surface area contributed by atoms with E-state index in [1.54, 1.807) is 6.92 Å². The normalized spacial score (nSPS) is 11.5. The molecule has 0 aromatic carbocycles. The van der Waals surface area contributed by atoms with Gasteiger partial charge in [-0.15, -0.1) is 0 Å². The molecule has 0 aliphatic heterocycles. The molecule has 3 amide bonds. The summed E-state index contributed by atoms with van der Waals surface area (Å²) in [6.07, 6.45) is -0.000555. The topological polar surface area (TPSA) is 98.7 Å². The molecule has 3 N–H and O–H groups in total. The fourth-order valence-corrected chi connectivity index (χ4v) is 1.13. The Hall–Kier alpha value is -1.79. The van der Waals surface area contributed by atoms with E-state index in [4.69, 9.17) is 5.11 Å². The smallest absolute Gasteiger partial charge is 0.317 e. The lowest BCUT2D eigenvalue weighted by molar-refractivity contribution is -0.137. The van der Waals surface area contributed by atoms with Crippen molar-refractivity contribution in [2.24, 2.45) is 5.92 Å². The van der Waals surface area contributed by atoms with Gasteiger partial charge in [-0.2, -0.15) is 0 Å². The number of urea groups is 1. The van der Waals surface area contributed by atoms with E-state index in [0.717, 1.165) is 0 Å². The van der Waals surface area contributed by atoms with Gasteiger partial charge in [0.2, 0.25) is 5.91 Å². The lowest BCUT2D eigenvalue weighted by Crippen LogP contribution is -2.43. The highest BCUT2D eigenvalue weighted by molar-refractivity contribution is 5.83. The largest absolute Gasteiger partial charge is 0.481 e. The molecule has 0 aromatic rings. The highest BCUT2D eigenvalue weighted by Gasteiger charge is 2.13.